The molecule has 2 aromatic heterocycles. The summed E-state index contributed by atoms with van der Waals surface area (Å²) >= 11 is 0. The number of hydrogen-bond donors (Lipinski definition) is 2. The number of hydrogen-bond acceptors (Lipinski definition) is 4. The maximum absolute atomic E-state index is 11.6. The SMILES string of the molecule is CCCc1ccc(C(=O)O)n1Cc1ccc(-c2ccccc2-c2nnn[nH]2)cc1. The third-order valence-corrected chi connectivity index (χ3v) is 4.93. The Kier molecular flexibility index (Phi) is 5.20. The second kappa shape index (κ2) is 8.10. The molecule has 146 valence electrons. The van der Waals surface area contributed by atoms with Crippen molar-refractivity contribution in [2.75, 3.05) is 0 Å². The molecule has 4 rings (SSSR count). The summed E-state index contributed by atoms with van der Waals surface area (Å²) in [4.78, 5) is 11.6. The van der Waals surface area contributed by atoms with Crippen molar-refractivity contribution in [2.24, 2.45) is 0 Å². The molecule has 7 heteroatoms. The van der Waals surface area contributed by atoms with E-state index in [-0.39, 0.29) is 0 Å². The van der Waals surface area contributed by atoms with E-state index in [1.165, 1.54) is 0 Å². The van der Waals surface area contributed by atoms with Crippen molar-refractivity contribution in [2.45, 2.75) is 26.3 Å². The number of rotatable bonds is 7. The number of aryl methyl sites for hydroxylation is 1. The Morgan fingerprint density at radius 3 is 2.45 bits per heavy atom. The fraction of sp³-hybridized carbons (Fsp3) is 0.182. The van der Waals surface area contributed by atoms with Crippen LogP contribution in [0, 0.1) is 0 Å². The zero-order valence-electron chi connectivity index (χ0n) is 16.0. The van der Waals surface area contributed by atoms with Gasteiger partial charge in [0, 0.05) is 17.8 Å². The number of H-pyrrole nitrogens is 1. The predicted octanol–water partition coefficient (Wildman–Crippen LogP) is 4.03. The Balaban J connectivity index is 1.64. The minimum Gasteiger partial charge on any atom is -0.477 e. The number of carboxylic acids is 1. The lowest BCUT2D eigenvalue weighted by atomic mass is 9.98. The number of aromatic amines is 1. The van der Waals surface area contributed by atoms with Crippen LogP contribution in [0.4, 0.5) is 0 Å². The minimum atomic E-state index is -0.904. The van der Waals surface area contributed by atoms with Crippen LogP contribution in [0.25, 0.3) is 22.5 Å². The van der Waals surface area contributed by atoms with E-state index in [9.17, 15) is 9.90 Å². The Labute approximate surface area is 168 Å². The molecule has 0 unspecified atom stereocenters. The predicted molar refractivity (Wildman–Crippen MR) is 110 cm³/mol. The summed E-state index contributed by atoms with van der Waals surface area (Å²) in [5.41, 5.74) is 5.40. The number of nitrogens with one attached hydrogen (secondary N) is 1. The quantitative estimate of drug-likeness (QED) is 0.499. The summed E-state index contributed by atoms with van der Waals surface area (Å²) < 4.78 is 1.88. The van der Waals surface area contributed by atoms with Crippen molar-refractivity contribution in [3.63, 3.8) is 0 Å². The largest absolute Gasteiger partial charge is 0.477 e. The van der Waals surface area contributed by atoms with Crippen molar-refractivity contribution in [3.05, 3.63) is 77.6 Å². The monoisotopic (exact) mass is 387 g/mol. The van der Waals surface area contributed by atoms with Crippen molar-refractivity contribution in [3.8, 4) is 22.5 Å². The topological polar surface area (TPSA) is 96.7 Å². The van der Waals surface area contributed by atoms with E-state index in [1.54, 1.807) is 6.07 Å². The van der Waals surface area contributed by atoms with Gasteiger partial charge in [0.25, 0.3) is 0 Å². The highest BCUT2D eigenvalue weighted by Crippen LogP contribution is 2.30. The Bertz CT molecular complexity index is 1110. The van der Waals surface area contributed by atoms with Gasteiger partial charge in [0.15, 0.2) is 5.82 Å². The van der Waals surface area contributed by atoms with E-state index >= 15 is 0 Å². The first kappa shape index (κ1) is 18.6. The first-order valence-electron chi connectivity index (χ1n) is 9.51. The van der Waals surface area contributed by atoms with Gasteiger partial charge in [-0.3, -0.25) is 0 Å². The van der Waals surface area contributed by atoms with Gasteiger partial charge >= 0.3 is 5.97 Å². The molecule has 2 aromatic carbocycles. The van der Waals surface area contributed by atoms with E-state index in [2.05, 4.69) is 27.5 Å². The Hall–Kier alpha value is -3.74. The molecule has 0 saturated carbocycles. The summed E-state index contributed by atoms with van der Waals surface area (Å²) in [6.07, 6.45) is 1.82. The number of carbonyl (C=O) groups is 1. The van der Waals surface area contributed by atoms with E-state index in [1.807, 2.05) is 59.2 Å². The second-order valence-electron chi connectivity index (χ2n) is 6.84. The molecule has 2 N–H and O–H groups in total. The molecule has 0 aliphatic heterocycles. The molecule has 4 aromatic rings. The molecule has 0 saturated heterocycles. The van der Waals surface area contributed by atoms with Gasteiger partial charge in [0.1, 0.15) is 5.69 Å². The number of nitrogens with zero attached hydrogens (tertiary/aromatic N) is 4. The fourth-order valence-electron chi connectivity index (χ4n) is 3.54. The zero-order valence-corrected chi connectivity index (χ0v) is 16.0. The Morgan fingerprint density at radius 2 is 1.79 bits per heavy atom. The van der Waals surface area contributed by atoms with Gasteiger partial charge in [-0.1, -0.05) is 61.9 Å². The first-order chi connectivity index (χ1) is 14.2. The van der Waals surface area contributed by atoms with Gasteiger partial charge in [-0.15, -0.1) is 5.10 Å². The average Bonchev–Trinajstić information content (AvgIpc) is 3.40. The normalized spacial score (nSPS) is 10.9. The van der Waals surface area contributed by atoms with Gasteiger partial charge < -0.3 is 9.67 Å². The Morgan fingerprint density at radius 1 is 1.03 bits per heavy atom. The van der Waals surface area contributed by atoms with E-state index < -0.39 is 5.97 Å². The third kappa shape index (κ3) is 3.80. The highest BCUT2D eigenvalue weighted by Gasteiger charge is 2.14. The lowest BCUT2D eigenvalue weighted by Crippen LogP contribution is -2.12. The summed E-state index contributed by atoms with van der Waals surface area (Å²) in [5, 5.41) is 23.7. The van der Waals surface area contributed by atoms with Crippen LogP contribution in [0.2, 0.25) is 0 Å². The van der Waals surface area contributed by atoms with Gasteiger partial charge in [0.2, 0.25) is 0 Å². The lowest BCUT2D eigenvalue weighted by Gasteiger charge is -2.13. The molecule has 2 heterocycles. The summed E-state index contributed by atoms with van der Waals surface area (Å²) in [5.74, 6) is -0.286. The van der Waals surface area contributed by atoms with Crippen LogP contribution in [0.3, 0.4) is 0 Å². The van der Waals surface area contributed by atoms with Crippen molar-refractivity contribution in [1.29, 1.82) is 0 Å². The molecule has 0 aliphatic carbocycles. The molecule has 0 atom stereocenters. The number of benzene rings is 2. The van der Waals surface area contributed by atoms with Crippen LogP contribution in [0.5, 0.6) is 0 Å². The molecule has 7 nitrogen and oxygen atoms in total. The average molecular weight is 387 g/mol. The fourth-order valence-corrected chi connectivity index (χ4v) is 3.54. The molecular weight excluding hydrogens is 366 g/mol. The summed E-state index contributed by atoms with van der Waals surface area (Å²) in [6.45, 7) is 2.62. The molecule has 0 bridgehead atoms. The maximum atomic E-state index is 11.6. The van der Waals surface area contributed by atoms with Gasteiger partial charge in [-0.25, -0.2) is 9.89 Å². The van der Waals surface area contributed by atoms with Crippen LogP contribution in [0.1, 0.15) is 35.1 Å². The third-order valence-electron chi connectivity index (χ3n) is 4.93. The molecular formula is C22H21N5O2. The van der Waals surface area contributed by atoms with E-state index in [0.717, 1.165) is 40.8 Å². The summed E-state index contributed by atoms with van der Waals surface area (Å²) in [6, 6.07) is 19.7. The molecule has 0 radical (unpaired) electrons. The highest BCUT2D eigenvalue weighted by molar-refractivity contribution is 5.86. The van der Waals surface area contributed by atoms with Gasteiger partial charge in [-0.05, 0) is 45.7 Å². The van der Waals surface area contributed by atoms with Crippen molar-refractivity contribution >= 4 is 5.97 Å². The molecule has 0 aliphatic rings. The van der Waals surface area contributed by atoms with Crippen LogP contribution < -0.4 is 0 Å². The first-order valence-corrected chi connectivity index (χ1v) is 9.51. The van der Waals surface area contributed by atoms with Crippen LogP contribution in [-0.4, -0.2) is 36.3 Å². The van der Waals surface area contributed by atoms with Crippen LogP contribution >= 0.6 is 0 Å². The van der Waals surface area contributed by atoms with Gasteiger partial charge in [0.05, 0.1) is 0 Å². The van der Waals surface area contributed by atoms with Gasteiger partial charge in [-0.2, -0.15) is 0 Å². The highest BCUT2D eigenvalue weighted by atomic mass is 16.4. The standard InChI is InChI=1S/C22H21N5O2/c1-2-5-17-12-13-20(22(28)29)27(17)14-15-8-10-16(11-9-15)18-6-3-4-7-19(18)21-23-25-26-24-21/h3-4,6-13H,2,5,14H2,1H3,(H,28,29)(H,23,24,25,26). The molecule has 0 fully saturated rings. The van der Waals surface area contributed by atoms with Crippen LogP contribution in [0.15, 0.2) is 60.7 Å². The zero-order chi connectivity index (χ0) is 20.2. The van der Waals surface area contributed by atoms with E-state index in [0.29, 0.717) is 18.1 Å². The maximum Gasteiger partial charge on any atom is 0.352 e. The number of aromatic nitrogens is 5. The van der Waals surface area contributed by atoms with Crippen molar-refractivity contribution in [1.82, 2.24) is 25.2 Å². The molecule has 0 amide bonds. The van der Waals surface area contributed by atoms with Crippen molar-refractivity contribution < 1.29 is 9.90 Å². The molecule has 0 spiro atoms. The molecule has 29 heavy (non-hydrogen) atoms. The smallest absolute Gasteiger partial charge is 0.352 e. The second-order valence-corrected chi connectivity index (χ2v) is 6.84. The number of tetrazole rings is 1. The van der Waals surface area contributed by atoms with Crippen LogP contribution in [-0.2, 0) is 13.0 Å². The number of aromatic carboxylic acids is 1. The minimum absolute atomic E-state index is 0.320. The number of carboxylic acid groups (broad SMARTS) is 1. The van der Waals surface area contributed by atoms with E-state index in [4.69, 9.17) is 0 Å². The lowest BCUT2D eigenvalue weighted by molar-refractivity contribution is 0.0685. The summed E-state index contributed by atoms with van der Waals surface area (Å²) in [7, 11) is 0.